The van der Waals surface area contributed by atoms with Gasteiger partial charge in [0.1, 0.15) is 0 Å². The number of hydrogen-bond acceptors (Lipinski definition) is 5. The average Bonchev–Trinajstić information content (AvgIpc) is 2.35. The zero-order valence-corrected chi connectivity index (χ0v) is 8.89. The van der Waals surface area contributed by atoms with Crippen LogP contribution in [0.5, 0.6) is 0 Å². The lowest BCUT2D eigenvalue weighted by Gasteiger charge is -2.07. The largest absolute Gasteiger partial charge is 0.478 e. The quantitative estimate of drug-likeness (QED) is 0.290. The lowest BCUT2D eigenvalue weighted by atomic mass is 10.0. The molecule has 0 aromatic heterocycles. The van der Waals surface area contributed by atoms with Gasteiger partial charge in [0.15, 0.2) is 0 Å². The van der Waals surface area contributed by atoms with Gasteiger partial charge in [0, 0.05) is 0 Å². The maximum absolute atomic E-state index is 11.4. The highest BCUT2D eigenvalue weighted by Crippen LogP contribution is 2.13. The topological polar surface area (TPSA) is 119 Å². The molecule has 0 unspecified atom stereocenters. The number of carboxylic acids is 1. The fourth-order valence-electron chi connectivity index (χ4n) is 1.23. The number of nitrogens with two attached hydrogens (primary N) is 1. The summed E-state index contributed by atoms with van der Waals surface area (Å²) in [6.07, 6.45) is 0. The molecule has 0 bridgehead atoms. The number of ether oxygens (including phenoxy) is 1. The van der Waals surface area contributed by atoms with Gasteiger partial charge < -0.3 is 9.84 Å². The van der Waals surface area contributed by atoms with Crippen LogP contribution in [-0.2, 0) is 4.74 Å². The van der Waals surface area contributed by atoms with Crippen LogP contribution in [0.1, 0.15) is 31.1 Å². The molecule has 0 fully saturated rings. The molecule has 0 aliphatic carbocycles. The van der Waals surface area contributed by atoms with Crippen LogP contribution >= 0.6 is 0 Å². The Morgan fingerprint density at radius 2 is 1.94 bits per heavy atom. The molecule has 7 nitrogen and oxygen atoms in total. The van der Waals surface area contributed by atoms with E-state index in [1.165, 1.54) is 12.1 Å². The highest BCUT2D eigenvalue weighted by atomic mass is 16.5. The van der Waals surface area contributed by atoms with Crippen molar-refractivity contribution in [3.63, 3.8) is 0 Å². The maximum atomic E-state index is 11.4. The van der Waals surface area contributed by atoms with E-state index in [1.54, 1.807) is 0 Å². The van der Waals surface area contributed by atoms with E-state index >= 15 is 0 Å². The summed E-state index contributed by atoms with van der Waals surface area (Å²) in [5, 5.41) is 8.77. The Bertz CT molecular complexity index is 484. The average molecular weight is 238 g/mol. The van der Waals surface area contributed by atoms with E-state index in [9.17, 15) is 14.4 Å². The van der Waals surface area contributed by atoms with Crippen LogP contribution in [0.3, 0.4) is 0 Å². The molecule has 1 aromatic carbocycles. The Morgan fingerprint density at radius 1 is 1.29 bits per heavy atom. The van der Waals surface area contributed by atoms with E-state index in [0.29, 0.717) is 0 Å². The van der Waals surface area contributed by atoms with Crippen molar-refractivity contribution < 1.29 is 24.2 Å². The highest BCUT2D eigenvalue weighted by molar-refractivity contribution is 6.06. The van der Waals surface area contributed by atoms with Crippen molar-refractivity contribution in [1.82, 2.24) is 5.43 Å². The number of nitrogens with one attached hydrogen (secondary N) is 1. The molecule has 0 atom stereocenters. The Morgan fingerprint density at radius 3 is 2.41 bits per heavy atom. The van der Waals surface area contributed by atoms with Gasteiger partial charge in [0.05, 0.1) is 23.8 Å². The van der Waals surface area contributed by atoms with E-state index in [2.05, 4.69) is 4.74 Å². The zero-order valence-electron chi connectivity index (χ0n) is 8.89. The molecule has 0 aliphatic rings. The van der Waals surface area contributed by atoms with Gasteiger partial charge in [-0.15, -0.1) is 0 Å². The first-order valence-corrected chi connectivity index (χ1v) is 4.48. The minimum Gasteiger partial charge on any atom is -0.478 e. The molecule has 90 valence electrons. The summed E-state index contributed by atoms with van der Waals surface area (Å²) in [7, 11) is 1.15. The number of rotatable bonds is 3. The van der Waals surface area contributed by atoms with Gasteiger partial charge in [0.2, 0.25) is 0 Å². The van der Waals surface area contributed by atoms with Crippen molar-refractivity contribution in [2.45, 2.75) is 0 Å². The molecule has 17 heavy (non-hydrogen) atoms. The standard InChI is InChI=1S/C10H10N2O5/c1-17-10(16)6-3-2-5(9(14)15)4-7(6)8(13)12-11/h2-4H,11H2,1H3,(H,12,13)(H,14,15). The number of hydrazine groups is 1. The third-order valence-corrected chi connectivity index (χ3v) is 2.05. The van der Waals surface area contributed by atoms with Crippen molar-refractivity contribution in [2.75, 3.05) is 7.11 Å². The Hall–Kier alpha value is -2.41. The number of amides is 1. The van der Waals surface area contributed by atoms with Crippen molar-refractivity contribution >= 4 is 17.8 Å². The van der Waals surface area contributed by atoms with Gasteiger partial charge in [-0.25, -0.2) is 15.4 Å². The first-order valence-electron chi connectivity index (χ1n) is 4.48. The molecule has 0 saturated carbocycles. The minimum absolute atomic E-state index is 0.0551. The summed E-state index contributed by atoms with van der Waals surface area (Å²) in [5.41, 5.74) is 1.49. The number of carbonyl (C=O) groups excluding carboxylic acids is 2. The number of aromatic carboxylic acids is 1. The molecular formula is C10H10N2O5. The summed E-state index contributed by atoms with van der Waals surface area (Å²) in [5.74, 6) is 2.21. The Labute approximate surface area is 96.1 Å². The van der Waals surface area contributed by atoms with Gasteiger partial charge in [-0.2, -0.15) is 0 Å². The number of carbonyl (C=O) groups is 3. The second kappa shape index (κ2) is 5.08. The molecule has 0 radical (unpaired) electrons. The van der Waals surface area contributed by atoms with Crippen LogP contribution in [0.4, 0.5) is 0 Å². The Kier molecular flexibility index (Phi) is 3.78. The molecule has 1 amide bonds. The van der Waals surface area contributed by atoms with Crippen LogP contribution in [0.25, 0.3) is 0 Å². The smallest absolute Gasteiger partial charge is 0.338 e. The lowest BCUT2D eigenvalue weighted by molar-refractivity contribution is 0.0594. The third-order valence-electron chi connectivity index (χ3n) is 2.05. The van der Waals surface area contributed by atoms with Gasteiger partial charge in [-0.1, -0.05) is 0 Å². The minimum atomic E-state index is -1.22. The highest BCUT2D eigenvalue weighted by Gasteiger charge is 2.19. The Balaban J connectivity index is 3.36. The van der Waals surface area contributed by atoms with E-state index in [-0.39, 0.29) is 16.7 Å². The van der Waals surface area contributed by atoms with E-state index < -0.39 is 17.8 Å². The van der Waals surface area contributed by atoms with Crippen molar-refractivity contribution in [3.8, 4) is 0 Å². The fourth-order valence-corrected chi connectivity index (χ4v) is 1.23. The summed E-state index contributed by atoms with van der Waals surface area (Å²) in [6.45, 7) is 0. The third kappa shape index (κ3) is 2.58. The molecule has 1 aromatic rings. The van der Waals surface area contributed by atoms with Gasteiger partial charge >= 0.3 is 11.9 Å². The van der Waals surface area contributed by atoms with Gasteiger partial charge in [-0.05, 0) is 18.2 Å². The van der Waals surface area contributed by atoms with Gasteiger partial charge in [-0.3, -0.25) is 10.2 Å². The van der Waals surface area contributed by atoms with Crippen LogP contribution in [-0.4, -0.2) is 30.1 Å². The summed E-state index contributed by atoms with van der Waals surface area (Å²) >= 11 is 0. The number of benzene rings is 1. The summed E-state index contributed by atoms with van der Waals surface area (Å²) < 4.78 is 4.46. The first kappa shape index (κ1) is 12.7. The van der Waals surface area contributed by atoms with Crippen molar-refractivity contribution in [1.29, 1.82) is 0 Å². The number of nitrogen functional groups attached to an aromatic ring is 1. The first-order chi connectivity index (χ1) is 8.01. The predicted octanol–water partition coefficient (Wildman–Crippen LogP) is -0.225. The second-order valence-corrected chi connectivity index (χ2v) is 3.03. The fraction of sp³-hybridized carbons (Fsp3) is 0.100. The normalized spacial score (nSPS) is 9.53. The molecule has 4 N–H and O–H groups in total. The van der Waals surface area contributed by atoms with Crippen LogP contribution in [0.2, 0.25) is 0 Å². The van der Waals surface area contributed by atoms with Crippen LogP contribution in [0.15, 0.2) is 18.2 Å². The molecule has 0 heterocycles. The van der Waals surface area contributed by atoms with Crippen LogP contribution in [0, 0.1) is 0 Å². The maximum Gasteiger partial charge on any atom is 0.338 e. The molecule has 7 heteroatoms. The number of hydrogen-bond donors (Lipinski definition) is 3. The van der Waals surface area contributed by atoms with Crippen molar-refractivity contribution in [2.24, 2.45) is 5.84 Å². The molecule has 0 spiro atoms. The summed E-state index contributed by atoms with van der Waals surface area (Å²) in [4.78, 5) is 33.5. The number of carboxylic acid groups (broad SMARTS) is 1. The van der Waals surface area contributed by atoms with Gasteiger partial charge in [0.25, 0.3) is 5.91 Å². The monoisotopic (exact) mass is 238 g/mol. The zero-order chi connectivity index (χ0) is 13.0. The molecular weight excluding hydrogens is 228 g/mol. The lowest BCUT2D eigenvalue weighted by Crippen LogP contribution is -2.31. The molecule has 0 saturated heterocycles. The van der Waals surface area contributed by atoms with E-state index in [1.807, 2.05) is 5.43 Å². The predicted molar refractivity (Wildman–Crippen MR) is 56.4 cm³/mol. The van der Waals surface area contributed by atoms with Crippen LogP contribution < -0.4 is 11.3 Å². The number of esters is 1. The van der Waals surface area contributed by atoms with E-state index in [0.717, 1.165) is 13.2 Å². The second-order valence-electron chi connectivity index (χ2n) is 3.03. The van der Waals surface area contributed by atoms with E-state index in [4.69, 9.17) is 10.9 Å². The molecule has 0 aliphatic heterocycles. The molecule has 1 rings (SSSR count). The number of methoxy groups -OCH3 is 1. The summed E-state index contributed by atoms with van der Waals surface area (Å²) in [6, 6.07) is 3.44. The SMILES string of the molecule is COC(=O)c1ccc(C(=O)O)cc1C(=O)NN. The van der Waals surface area contributed by atoms with Crippen molar-refractivity contribution in [3.05, 3.63) is 34.9 Å².